The SMILES string of the molecule is CN(C)[C@H](c1ccccc1P(c1ccccc1)c1ccccc1)[C]12[CH]3[CH]4[CH]5[C@@]1(P(c1ccccc1)c1ccccc1)[Fe]43521678[CH]2[CH]1[CH]6[CH]7[CH]28. The second-order valence-electron chi connectivity index (χ2n) is 18.7. The summed E-state index contributed by atoms with van der Waals surface area (Å²) < 4.78 is 1.24. The first-order valence-corrected chi connectivity index (χ1v) is 26.6. The summed E-state index contributed by atoms with van der Waals surface area (Å²) in [5.41, 5.74) is 1.69. The quantitative estimate of drug-likeness (QED) is 0.111. The molecule has 10 fully saturated rings. The summed E-state index contributed by atoms with van der Waals surface area (Å²) in [7, 11) is 3.91. The Balaban J connectivity index is 1.03. The zero-order valence-corrected chi connectivity index (χ0v) is 29.6. The third kappa shape index (κ3) is 0.789. The van der Waals surface area contributed by atoms with Crippen LogP contribution in [0.2, 0.25) is 42.8 Å². The van der Waals surface area contributed by atoms with Crippen molar-refractivity contribution in [1.29, 1.82) is 0 Å². The van der Waals surface area contributed by atoms with Gasteiger partial charge in [-0.1, -0.05) is 0 Å². The standard InChI is InChI=1S/C38H34NP2.C5H5.Fe/c1-39(2)38(35-27-17-29-37(35)41(32-22-11-5-12-23-32)33-24-13-6-14-25-33)34-26-15-16-28-36(34)40(30-18-7-3-8-19-30)31-20-9-4-10-21-31;1-2-4-5-3-1;/h3-29,38H,1-2H3;1-5H;/t38-;;/m1../s1. The Morgan fingerprint density at radius 3 is 1.36 bits per heavy atom. The summed E-state index contributed by atoms with van der Waals surface area (Å²) in [6, 6.07) is 57.6. The van der Waals surface area contributed by atoms with Crippen LogP contribution in [0.4, 0.5) is 0 Å². The van der Waals surface area contributed by atoms with E-state index in [1.165, 1.54) is 44.3 Å². The molecule has 234 valence electrons. The summed E-state index contributed by atoms with van der Waals surface area (Å²) >= 11 is 0. The topological polar surface area (TPSA) is 3.24 Å². The first-order chi connectivity index (χ1) is 22.9. The van der Waals surface area contributed by atoms with Crippen molar-refractivity contribution in [3.63, 3.8) is 0 Å². The van der Waals surface area contributed by atoms with Gasteiger partial charge in [-0.3, -0.25) is 0 Å². The van der Waals surface area contributed by atoms with Gasteiger partial charge in [0.25, 0.3) is 0 Å². The van der Waals surface area contributed by atoms with Crippen LogP contribution in [0.3, 0.4) is 0 Å². The first kappa shape index (κ1) is 24.6. The van der Waals surface area contributed by atoms with Crippen LogP contribution < -0.4 is 26.5 Å². The van der Waals surface area contributed by atoms with E-state index in [4.69, 9.17) is 0 Å². The van der Waals surface area contributed by atoms with Crippen molar-refractivity contribution in [2.45, 2.75) is 52.9 Å². The van der Waals surface area contributed by atoms with E-state index in [2.05, 4.69) is 165 Å². The summed E-state index contributed by atoms with van der Waals surface area (Å²) in [6.45, 7) is -4.02. The molecule has 15 rings (SSSR count). The summed E-state index contributed by atoms with van der Waals surface area (Å²) in [5, 5.41) is 7.97. The zero-order valence-electron chi connectivity index (χ0n) is 26.7. The van der Waals surface area contributed by atoms with E-state index >= 15 is 0 Å². The third-order valence-electron chi connectivity index (χ3n) is 21.7. The number of nitrogens with zero attached hydrogens (tertiary/aromatic N) is 1. The average molecular weight is 688 g/mol. The number of hydrogen-bond donors (Lipinski definition) is 0. The van der Waals surface area contributed by atoms with Crippen molar-refractivity contribution >= 4 is 42.4 Å². The van der Waals surface area contributed by atoms with E-state index in [9.17, 15) is 0 Å². The molecular formula is C43H39FeNP2. The predicted octanol–water partition coefficient (Wildman–Crippen LogP) is 8.85. The number of hydrogen-bond acceptors (Lipinski definition) is 1. The average Bonchev–Trinajstić information content (AvgIpc) is 4.07. The summed E-state index contributed by atoms with van der Waals surface area (Å²) in [5.74, 6) is 0. The zero-order chi connectivity index (χ0) is 30.7. The van der Waals surface area contributed by atoms with Crippen molar-refractivity contribution in [3.8, 4) is 0 Å². The molecule has 1 nitrogen and oxygen atoms in total. The van der Waals surface area contributed by atoms with Gasteiger partial charge in [0.05, 0.1) is 0 Å². The van der Waals surface area contributed by atoms with Crippen LogP contribution in [0.5, 0.6) is 0 Å². The molecule has 47 heavy (non-hydrogen) atoms. The fourth-order valence-corrected chi connectivity index (χ4v) is 117. The van der Waals surface area contributed by atoms with Crippen molar-refractivity contribution < 1.29 is 6.51 Å². The molecular weight excluding hydrogens is 648 g/mol. The minimum atomic E-state index is -4.02. The maximum absolute atomic E-state index is 4.02. The summed E-state index contributed by atoms with van der Waals surface area (Å²) in [6.07, 6.45) is 0. The van der Waals surface area contributed by atoms with Crippen LogP contribution in [0.25, 0.3) is 0 Å². The molecule has 5 aromatic carbocycles. The van der Waals surface area contributed by atoms with E-state index in [1.807, 2.05) is 0 Å². The Kier molecular flexibility index (Phi) is 2.33. The van der Waals surface area contributed by atoms with Gasteiger partial charge in [-0.25, -0.2) is 0 Å². The van der Waals surface area contributed by atoms with Gasteiger partial charge in [-0.15, -0.1) is 0 Å². The molecule has 10 saturated heterocycles. The van der Waals surface area contributed by atoms with Crippen LogP contribution in [0.1, 0.15) is 11.6 Å². The molecule has 0 aliphatic carbocycles. The second kappa shape index (κ2) is 4.46. The fraction of sp³-hybridized carbons (Fsp3) is 0.302. The third-order valence-corrected chi connectivity index (χ3v) is 74.2. The molecule has 0 radical (unpaired) electrons. The van der Waals surface area contributed by atoms with Crippen LogP contribution in [-0.4, -0.2) is 23.0 Å². The van der Waals surface area contributed by atoms with Crippen molar-refractivity contribution in [1.82, 2.24) is 4.90 Å². The molecule has 10 heterocycles. The van der Waals surface area contributed by atoms with E-state index in [0.29, 0.717) is 14.4 Å². The van der Waals surface area contributed by atoms with Gasteiger partial charge < -0.3 is 0 Å². The number of fused-ring (bicyclic) bond motifs is 10. The Labute approximate surface area is 270 Å². The normalized spacial score (nSPS) is 53.0. The van der Waals surface area contributed by atoms with Crippen molar-refractivity contribution in [2.75, 3.05) is 14.1 Å². The molecule has 6 atom stereocenters. The van der Waals surface area contributed by atoms with E-state index in [1.54, 1.807) is 21.5 Å². The van der Waals surface area contributed by atoms with Crippen LogP contribution in [0, 0.1) is 0 Å². The van der Waals surface area contributed by atoms with Gasteiger partial charge in [-0.05, 0) is 0 Å². The molecule has 5 aromatic rings. The van der Waals surface area contributed by atoms with Crippen LogP contribution >= 0.6 is 15.8 Å². The Morgan fingerprint density at radius 1 is 0.511 bits per heavy atom. The fourth-order valence-electron chi connectivity index (χ4n) is 23.1. The molecule has 4 heteroatoms. The van der Waals surface area contributed by atoms with Gasteiger partial charge in [0, 0.05) is 0 Å². The van der Waals surface area contributed by atoms with Crippen molar-refractivity contribution in [2.24, 2.45) is 0 Å². The van der Waals surface area contributed by atoms with E-state index in [0.717, 1.165) is 4.82 Å². The molecule has 10 aliphatic heterocycles. The van der Waals surface area contributed by atoms with Gasteiger partial charge in [0.2, 0.25) is 0 Å². The van der Waals surface area contributed by atoms with Crippen molar-refractivity contribution in [3.05, 3.63) is 151 Å². The van der Waals surface area contributed by atoms with E-state index in [-0.39, 0.29) is 0 Å². The monoisotopic (exact) mass is 687 g/mol. The van der Waals surface area contributed by atoms with Gasteiger partial charge in [0.1, 0.15) is 0 Å². The summed E-state index contributed by atoms with van der Waals surface area (Å²) in [4.78, 5) is 12.5. The molecule has 4 unspecified atom stereocenters. The van der Waals surface area contributed by atoms with Gasteiger partial charge in [0.15, 0.2) is 0 Å². The molecule has 0 aromatic heterocycles. The Bertz CT molecular complexity index is 2520. The maximum atomic E-state index is 2.80. The first-order valence-electron chi connectivity index (χ1n) is 17.7. The molecule has 10 aliphatic rings. The second-order valence-corrected chi connectivity index (χ2v) is 47.0. The van der Waals surface area contributed by atoms with Crippen LogP contribution in [0.15, 0.2) is 146 Å². The predicted molar refractivity (Wildman–Crippen MR) is 196 cm³/mol. The van der Waals surface area contributed by atoms with Gasteiger partial charge >= 0.3 is 272 Å². The molecule has 0 amide bonds. The molecule has 0 N–H and O–H groups in total. The Hall–Kier alpha value is -2.56. The van der Waals surface area contributed by atoms with Crippen LogP contribution in [-0.2, 0) is 6.51 Å². The molecule has 0 saturated carbocycles. The number of benzene rings is 5. The van der Waals surface area contributed by atoms with Gasteiger partial charge in [-0.2, -0.15) is 0 Å². The molecule has 0 bridgehead atoms. The number of rotatable bonds is 9. The minimum absolute atomic E-state index is 0.398. The Morgan fingerprint density at radius 2 is 0.936 bits per heavy atom. The van der Waals surface area contributed by atoms with E-state index < -0.39 is 22.4 Å². The molecule has 1 spiro atoms.